The Morgan fingerprint density at radius 1 is 1.15 bits per heavy atom. The minimum absolute atomic E-state index is 0.356. The Morgan fingerprint density at radius 2 is 2.00 bits per heavy atom. The molecule has 0 saturated carbocycles. The van der Waals surface area contributed by atoms with Crippen LogP contribution in [-0.2, 0) is 6.42 Å². The van der Waals surface area contributed by atoms with Gasteiger partial charge in [0.2, 0.25) is 0 Å². The van der Waals surface area contributed by atoms with Crippen molar-refractivity contribution in [3.05, 3.63) is 60.3 Å². The SMILES string of the molecule is Cc1nccn1-c1cn2c(C(C)C)cnc2c(-n2ccc(CCN)c2)n1. The summed E-state index contributed by atoms with van der Waals surface area (Å²) in [7, 11) is 0. The quantitative estimate of drug-likeness (QED) is 0.601. The molecule has 0 aromatic carbocycles. The predicted octanol–water partition coefficient (Wildman–Crippen LogP) is 2.64. The van der Waals surface area contributed by atoms with Gasteiger partial charge in [0.15, 0.2) is 17.3 Å². The number of rotatable bonds is 5. The van der Waals surface area contributed by atoms with Crippen molar-refractivity contribution in [3.8, 4) is 11.6 Å². The van der Waals surface area contributed by atoms with Gasteiger partial charge in [-0.2, -0.15) is 0 Å². The monoisotopic (exact) mass is 349 g/mol. The highest BCUT2D eigenvalue weighted by Crippen LogP contribution is 2.23. The van der Waals surface area contributed by atoms with E-state index in [9.17, 15) is 0 Å². The number of fused-ring (bicyclic) bond motifs is 1. The summed E-state index contributed by atoms with van der Waals surface area (Å²) in [5.74, 6) is 2.86. The number of hydrogen-bond donors (Lipinski definition) is 1. The van der Waals surface area contributed by atoms with Crippen molar-refractivity contribution in [2.24, 2.45) is 5.73 Å². The molecule has 4 heterocycles. The Kier molecular flexibility index (Phi) is 4.08. The molecule has 0 atom stereocenters. The standard InChI is InChI=1S/C19H23N7/c1-13(2)16-10-22-18-19(24-8-5-15(11-24)4-6-20)23-17(12-26(16)18)25-9-7-21-14(25)3/h5,7-13H,4,6,20H2,1-3H3. The van der Waals surface area contributed by atoms with Crippen molar-refractivity contribution in [2.75, 3.05) is 6.54 Å². The molecule has 0 amide bonds. The van der Waals surface area contributed by atoms with E-state index in [1.165, 1.54) is 5.56 Å². The summed E-state index contributed by atoms with van der Waals surface area (Å²) < 4.78 is 6.13. The number of aromatic nitrogens is 6. The van der Waals surface area contributed by atoms with Crippen LogP contribution in [0, 0.1) is 6.92 Å². The molecule has 0 aliphatic carbocycles. The topological polar surface area (TPSA) is 79.0 Å². The van der Waals surface area contributed by atoms with Crippen LogP contribution >= 0.6 is 0 Å². The van der Waals surface area contributed by atoms with Gasteiger partial charge in [0.1, 0.15) is 5.82 Å². The summed E-state index contributed by atoms with van der Waals surface area (Å²) in [5, 5.41) is 0. The average Bonchev–Trinajstić information content (AvgIpc) is 3.33. The minimum Gasteiger partial charge on any atom is -0.330 e. The lowest BCUT2D eigenvalue weighted by Gasteiger charge is -2.12. The first-order chi connectivity index (χ1) is 12.6. The van der Waals surface area contributed by atoms with Crippen molar-refractivity contribution in [2.45, 2.75) is 33.1 Å². The van der Waals surface area contributed by atoms with Crippen LogP contribution in [0.25, 0.3) is 17.3 Å². The van der Waals surface area contributed by atoms with Crippen molar-refractivity contribution >= 4 is 5.65 Å². The third kappa shape index (κ3) is 2.70. The van der Waals surface area contributed by atoms with E-state index in [1.54, 1.807) is 6.20 Å². The van der Waals surface area contributed by atoms with E-state index >= 15 is 0 Å². The Bertz CT molecular complexity index is 1050. The van der Waals surface area contributed by atoms with Gasteiger partial charge in [-0.15, -0.1) is 0 Å². The van der Waals surface area contributed by atoms with E-state index in [4.69, 9.17) is 10.7 Å². The molecular weight excluding hydrogens is 326 g/mol. The zero-order valence-electron chi connectivity index (χ0n) is 15.3. The lowest BCUT2D eigenvalue weighted by Crippen LogP contribution is -2.08. The second kappa shape index (κ2) is 6.42. The van der Waals surface area contributed by atoms with E-state index in [-0.39, 0.29) is 0 Å². The Balaban J connectivity index is 1.96. The van der Waals surface area contributed by atoms with Crippen LogP contribution in [0.15, 0.2) is 43.2 Å². The summed E-state index contributed by atoms with van der Waals surface area (Å²) >= 11 is 0. The highest BCUT2D eigenvalue weighted by molar-refractivity contribution is 5.58. The fourth-order valence-electron chi connectivity index (χ4n) is 3.20. The minimum atomic E-state index is 0.356. The molecule has 0 saturated heterocycles. The van der Waals surface area contributed by atoms with E-state index in [0.29, 0.717) is 12.5 Å². The Morgan fingerprint density at radius 3 is 2.69 bits per heavy atom. The van der Waals surface area contributed by atoms with Crippen LogP contribution in [0.5, 0.6) is 0 Å². The van der Waals surface area contributed by atoms with E-state index in [1.807, 2.05) is 40.8 Å². The van der Waals surface area contributed by atoms with Crippen LogP contribution in [0.2, 0.25) is 0 Å². The first kappa shape index (κ1) is 16.5. The van der Waals surface area contributed by atoms with Gasteiger partial charge in [-0.1, -0.05) is 13.8 Å². The van der Waals surface area contributed by atoms with Crippen LogP contribution in [0.3, 0.4) is 0 Å². The molecule has 7 heteroatoms. The van der Waals surface area contributed by atoms with E-state index in [0.717, 1.165) is 35.2 Å². The summed E-state index contributed by atoms with van der Waals surface area (Å²) in [6.45, 7) is 6.93. The third-order valence-electron chi connectivity index (χ3n) is 4.59. The summed E-state index contributed by atoms with van der Waals surface area (Å²) in [6.07, 6.45) is 12.6. The van der Waals surface area contributed by atoms with Gasteiger partial charge >= 0.3 is 0 Å². The van der Waals surface area contributed by atoms with Crippen molar-refractivity contribution in [1.82, 2.24) is 28.5 Å². The molecule has 4 aromatic heterocycles. The molecule has 0 unspecified atom stereocenters. The molecule has 0 fully saturated rings. The molecular formula is C19H23N7. The van der Waals surface area contributed by atoms with Crippen LogP contribution in [-0.4, -0.2) is 35.0 Å². The summed E-state index contributed by atoms with van der Waals surface area (Å²) in [6, 6.07) is 2.08. The average molecular weight is 349 g/mol. The van der Waals surface area contributed by atoms with Crippen LogP contribution in [0.1, 0.15) is 36.8 Å². The van der Waals surface area contributed by atoms with Crippen molar-refractivity contribution in [1.29, 1.82) is 0 Å². The smallest absolute Gasteiger partial charge is 0.182 e. The van der Waals surface area contributed by atoms with Gasteiger partial charge in [0, 0.05) is 36.7 Å². The zero-order chi connectivity index (χ0) is 18.3. The number of imidazole rings is 2. The lowest BCUT2D eigenvalue weighted by atomic mass is 10.1. The van der Waals surface area contributed by atoms with Crippen molar-refractivity contribution < 1.29 is 0 Å². The Hall–Kier alpha value is -2.93. The first-order valence-electron chi connectivity index (χ1n) is 8.84. The van der Waals surface area contributed by atoms with Crippen LogP contribution < -0.4 is 5.73 Å². The molecule has 4 aromatic rings. The maximum Gasteiger partial charge on any atom is 0.182 e. The van der Waals surface area contributed by atoms with Gasteiger partial charge in [0.25, 0.3) is 0 Å². The van der Waals surface area contributed by atoms with Gasteiger partial charge in [0.05, 0.1) is 6.20 Å². The fourth-order valence-corrected chi connectivity index (χ4v) is 3.20. The molecule has 4 rings (SSSR count). The van der Waals surface area contributed by atoms with Crippen LogP contribution in [0.4, 0.5) is 0 Å². The van der Waals surface area contributed by atoms with Crippen molar-refractivity contribution in [3.63, 3.8) is 0 Å². The highest BCUT2D eigenvalue weighted by Gasteiger charge is 2.16. The molecule has 7 nitrogen and oxygen atoms in total. The molecule has 26 heavy (non-hydrogen) atoms. The number of nitrogens with zero attached hydrogens (tertiary/aromatic N) is 6. The normalized spacial score (nSPS) is 11.7. The fraction of sp³-hybridized carbons (Fsp3) is 0.316. The van der Waals surface area contributed by atoms with Gasteiger partial charge < -0.3 is 10.3 Å². The molecule has 0 aliphatic rings. The molecule has 0 aliphatic heterocycles. The predicted molar refractivity (Wildman–Crippen MR) is 101 cm³/mol. The van der Waals surface area contributed by atoms with E-state index in [2.05, 4.69) is 40.5 Å². The molecule has 0 radical (unpaired) electrons. The highest BCUT2D eigenvalue weighted by atomic mass is 15.2. The Labute approximate surface area is 152 Å². The maximum atomic E-state index is 5.69. The number of hydrogen-bond acceptors (Lipinski definition) is 4. The third-order valence-corrected chi connectivity index (χ3v) is 4.59. The summed E-state index contributed by atoms with van der Waals surface area (Å²) in [5.41, 5.74) is 8.86. The van der Waals surface area contributed by atoms with Gasteiger partial charge in [-0.3, -0.25) is 8.97 Å². The second-order valence-corrected chi connectivity index (χ2v) is 6.76. The summed E-state index contributed by atoms with van der Waals surface area (Å²) in [4.78, 5) is 13.9. The molecule has 134 valence electrons. The molecule has 0 spiro atoms. The number of nitrogens with two attached hydrogens (primary N) is 1. The largest absolute Gasteiger partial charge is 0.330 e. The van der Waals surface area contributed by atoms with Gasteiger partial charge in [-0.05, 0) is 37.4 Å². The lowest BCUT2D eigenvalue weighted by molar-refractivity contribution is 0.795. The second-order valence-electron chi connectivity index (χ2n) is 6.76. The van der Waals surface area contributed by atoms with Gasteiger partial charge in [-0.25, -0.2) is 15.0 Å². The first-order valence-corrected chi connectivity index (χ1v) is 8.84. The maximum absolute atomic E-state index is 5.69. The van der Waals surface area contributed by atoms with E-state index < -0.39 is 0 Å². The zero-order valence-corrected chi connectivity index (χ0v) is 15.3. The molecule has 2 N–H and O–H groups in total. The molecule has 0 bridgehead atoms. The number of aryl methyl sites for hydroxylation is 1.